The summed E-state index contributed by atoms with van der Waals surface area (Å²) in [6.07, 6.45) is -0.288. The zero-order valence-electron chi connectivity index (χ0n) is 17.4. The lowest BCUT2D eigenvalue weighted by Crippen LogP contribution is -2.49. The van der Waals surface area contributed by atoms with Crippen molar-refractivity contribution in [3.05, 3.63) is 29.3 Å². The first-order valence-electron chi connectivity index (χ1n) is 9.56. The average Bonchev–Trinajstić information content (AvgIpc) is 2.59. The van der Waals surface area contributed by atoms with Crippen LogP contribution < -0.4 is 10.1 Å². The molecule has 1 unspecified atom stereocenters. The van der Waals surface area contributed by atoms with Gasteiger partial charge in [0.1, 0.15) is 17.5 Å². The van der Waals surface area contributed by atoms with Crippen LogP contribution in [0.5, 0.6) is 5.75 Å². The van der Waals surface area contributed by atoms with Gasteiger partial charge in [-0.05, 0) is 46.8 Å². The van der Waals surface area contributed by atoms with Crippen LogP contribution in [0.1, 0.15) is 62.3 Å². The molecule has 154 valence electrons. The lowest BCUT2D eigenvalue weighted by molar-refractivity contribution is 0.0401. The maximum Gasteiger partial charge on any atom is 0.407 e. The molecule has 0 spiro atoms. The molecule has 0 fully saturated rings. The van der Waals surface area contributed by atoms with E-state index < -0.39 is 17.8 Å². The molecule has 7 heteroatoms. The SMILES string of the molecule is CC(C)N1C[C@H](C)C(CNC(=O)OC(C)(C)C)Oc2c(C=O)cccc2C1=O. The Bertz CT molecular complexity index is 739. The zero-order chi connectivity index (χ0) is 21.1. The van der Waals surface area contributed by atoms with Crippen LogP contribution in [0.25, 0.3) is 0 Å². The minimum absolute atomic E-state index is 0.0137. The highest BCUT2D eigenvalue weighted by Gasteiger charge is 2.33. The third-order valence-corrected chi connectivity index (χ3v) is 4.52. The molecule has 0 radical (unpaired) electrons. The van der Waals surface area contributed by atoms with Gasteiger partial charge in [-0.15, -0.1) is 0 Å². The van der Waals surface area contributed by atoms with E-state index in [1.165, 1.54) is 0 Å². The first-order chi connectivity index (χ1) is 13.0. The van der Waals surface area contributed by atoms with E-state index in [2.05, 4.69) is 5.32 Å². The van der Waals surface area contributed by atoms with Gasteiger partial charge in [-0.3, -0.25) is 9.59 Å². The van der Waals surface area contributed by atoms with Crippen molar-refractivity contribution in [1.82, 2.24) is 10.2 Å². The Kier molecular flexibility index (Phi) is 6.69. The molecule has 1 aliphatic heterocycles. The van der Waals surface area contributed by atoms with Crippen LogP contribution in [0.2, 0.25) is 0 Å². The normalized spacial score (nSPS) is 20.0. The highest BCUT2D eigenvalue weighted by Crippen LogP contribution is 2.30. The second kappa shape index (κ2) is 8.63. The van der Waals surface area contributed by atoms with Crippen molar-refractivity contribution in [3.63, 3.8) is 0 Å². The van der Waals surface area contributed by atoms with Gasteiger partial charge < -0.3 is 19.7 Å². The summed E-state index contributed by atoms with van der Waals surface area (Å²) in [5, 5.41) is 2.73. The third-order valence-electron chi connectivity index (χ3n) is 4.52. The van der Waals surface area contributed by atoms with Gasteiger partial charge in [-0.1, -0.05) is 13.0 Å². The molecule has 1 N–H and O–H groups in total. The maximum absolute atomic E-state index is 13.0. The fourth-order valence-electron chi connectivity index (χ4n) is 3.07. The number of nitrogens with one attached hydrogen (secondary N) is 1. The van der Waals surface area contributed by atoms with E-state index in [4.69, 9.17) is 9.47 Å². The van der Waals surface area contributed by atoms with Crippen molar-refractivity contribution in [2.75, 3.05) is 13.1 Å². The fraction of sp³-hybridized carbons (Fsp3) is 0.571. The standard InChI is InChI=1S/C21H30N2O5/c1-13(2)23-11-14(3)17(10-22-20(26)28-21(4,5)6)27-18-15(12-24)8-7-9-16(18)19(23)25/h7-9,12-14,17H,10-11H2,1-6H3,(H,22,26)/t14-,17?/m0/s1. The Morgan fingerprint density at radius 3 is 2.64 bits per heavy atom. The van der Waals surface area contributed by atoms with Crippen LogP contribution in [0.15, 0.2) is 18.2 Å². The molecule has 2 rings (SSSR count). The van der Waals surface area contributed by atoms with Gasteiger partial charge >= 0.3 is 6.09 Å². The Hall–Kier alpha value is -2.57. The number of hydrogen-bond acceptors (Lipinski definition) is 5. The Labute approximate surface area is 166 Å². The molecular weight excluding hydrogens is 360 g/mol. The fourth-order valence-corrected chi connectivity index (χ4v) is 3.07. The summed E-state index contributed by atoms with van der Waals surface area (Å²) in [6, 6.07) is 4.93. The predicted octanol–water partition coefficient (Wildman–Crippen LogP) is 3.27. The van der Waals surface area contributed by atoms with Crippen LogP contribution in [0.4, 0.5) is 4.79 Å². The number of carbonyl (C=O) groups excluding carboxylic acids is 3. The number of alkyl carbamates (subject to hydrolysis) is 1. The minimum atomic E-state index is -0.602. The molecule has 28 heavy (non-hydrogen) atoms. The van der Waals surface area contributed by atoms with Crippen LogP contribution in [-0.4, -0.2) is 54.0 Å². The molecule has 1 aromatic carbocycles. The number of benzene rings is 1. The van der Waals surface area contributed by atoms with E-state index in [-0.39, 0.29) is 30.2 Å². The summed E-state index contributed by atoms with van der Waals surface area (Å²) in [4.78, 5) is 38.3. The van der Waals surface area contributed by atoms with Crippen molar-refractivity contribution < 1.29 is 23.9 Å². The van der Waals surface area contributed by atoms with Gasteiger partial charge in [0.05, 0.1) is 17.7 Å². The predicted molar refractivity (Wildman–Crippen MR) is 106 cm³/mol. The summed E-state index contributed by atoms with van der Waals surface area (Å²) in [6.45, 7) is 11.9. The van der Waals surface area contributed by atoms with Crippen LogP contribution in [0, 0.1) is 5.92 Å². The second-order valence-corrected chi connectivity index (χ2v) is 8.41. The Morgan fingerprint density at radius 1 is 1.39 bits per heavy atom. The van der Waals surface area contributed by atoms with Crippen LogP contribution in [0.3, 0.4) is 0 Å². The monoisotopic (exact) mass is 390 g/mol. The third kappa shape index (κ3) is 5.24. The molecular formula is C21H30N2O5. The number of hydrogen-bond donors (Lipinski definition) is 1. The quantitative estimate of drug-likeness (QED) is 0.798. The molecule has 0 bridgehead atoms. The number of rotatable bonds is 4. The smallest absolute Gasteiger partial charge is 0.407 e. The van der Waals surface area contributed by atoms with Gasteiger partial charge in [0.15, 0.2) is 6.29 Å². The summed E-state index contributed by atoms with van der Waals surface area (Å²) in [5.41, 5.74) is 0.0636. The average molecular weight is 390 g/mol. The molecule has 2 amide bonds. The highest BCUT2D eigenvalue weighted by atomic mass is 16.6. The highest BCUT2D eigenvalue weighted by molar-refractivity contribution is 6.00. The van der Waals surface area contributed by atoms with E-state index in [0.717, 1.165) is 0 Å². The molecule has 1 aliphatic rings. The molecule has 0 saturated heterocycles. The Balaban J connectivity index is 2.32. The van der Waals surface area contributed by atoms with E-state index >= 15 is 0 Å². The number of fused-ring (bicyclic) bond motifs is 1. The number of amides is 2. The number of nitrogens with zero attached hydrogens (tertiary/aromatic N) is 1. The summed E-state index contributed by atoms with van der Waals surface area (Å²) in [7, 11) is 0. The summed E-state index contributed by atoms with van der Waals surface area (Å²) < 4.78 is 11.4. The van der Waals surface area contributed by atoms with E-state index in [9.17, 15) is 14.4 Å². The minimum Gasteiger partial charge on any atom is -0.487 e. The van der Waals surface area contributed by atoms with Crippen molar-refractivity contribution in [2.24, 2.45) is 5.92 Å². The lowest BCUT2D eigenvalue weighted by atomic mass is 9.98. The van der Waals surface area contributed by atoms with Crippen molar-refractivity contribution in [3.8, 4) is 5.75 Å². The molecule has 1 heterocycles. The molecule has 0 aliphatic carbocycles. The molecule has 1 aromatic rings. The number of ether oxygens (including phenoxy) is 2. The van der Waals surface area contributed by atoms with Gasteiger partial charge in [0, 0.05) is 18.5 Å². The van der Waals surface area contributed by atoms with E-state index in [1.54, 1.807) is 43.9 Å². The van der Waals surface area contributed by atoms with Gasteiger partial charge in [0.25, 0.3) is 5.91 Å². The first kappa shape index (κ1) is 21.7. The maximum atomic E-state index is 13.0. The van der Waals surface area contributed by atoms with Crippen molar-refractivity contribution in [1.29, 1.82) is 0 Å². The number of aldehydes is 1. The van der Waals surface area contributed by atoms with Crippen molar-refractivity contribution >= 4 is 18.3 Å². The number of carbonyl (C=O) groups is 3. The molecule has 2 atom stereocenters. The second-order valence-electron chi connectivity index (χ2n) is 8.41. The van der Waals surface area contributed by atoms with Crippen molar-refractivity contribution in [2.45, 2.75) is 59.3 Å². The molecule has 7 nitrogen and oxygen atoms in total. The van der Waals surface area contributed by atoms with Crippen LogP contribution >= 0.6 is 0 Å². The van der Waals surface area contributed by atoms with Gasteiger partial charge in [-0.2, -0.15) is 0 Å². The molecule has 0 saturated carbocycles. The van der Waals surface area contributed by atoms with E-state index in [1.807, 2.05) is 20.8 Å². The first-order valence-corrected chi connectivity index (χ1v) is 9.56. The summed E-state index contributed by atoms with van der Waals surface area (Å²) in [5.74, 6) is 0.0175. The lowest BCUT2D eigenvalue weighted by Gasteiger charge is -2.37. The Morgan fingerprint density at radius 2 is 2.07 bits per heavy atom. The molecule has 0 aromatic heterocycles. The largest absolute Gasteiger partial charge is 0.487 e. The van der Waals surface area contributed by atoms with Gasteiger partial charge in [-0.25, -0.2) is 4.79 Å². The van der Waals surface area contributed by atoms with Gasteiger partial charge in [0.2, 0.25) is 0 Å². The van der Waals surface area contributed by atoms with Crippen LogP contribution in [-0.2, 0) is 4.74 Å². The zero-order valence-corrected chi connectivity index (χ0v) is 17.4. The topological polar surface area (TPSA) is 84.9 Å². The number of para-hydroxylation sites is 1. The van der Waals surface area contributed by atoms with E-state index in [0.29, 0.717) is 24.0 Å². The summed E-state index contributed by atoms with van der Waals surface area (Å²) >= 11 is 0.